The fourth-order valence-corrected chi connectivity index (χ4v) is 9.87. The first-order valence-electron chi connectivity index (χ1n) is 33.3. The molecule has 0 aliphatic carbocycles. The third-order valence-electron chi connectivity index (χ3n) is 14.8. The minimum Gasteiger partial charge on any atom is -0.462 e. The Morgan fingerprint density at radius 2 is 0.513 bits per heavy atom. The van der Waals surface area contributed by atoms with E-state index in [0.717, 1.165) is 70.6 Å². The maximum absolute atomic E-state index is 12.9. The van der Waals surface area contributed by atoms with Gasteiger partial charge in [-0.05, 0) is 44.9 Å². The van der Waals surface area contributed by atoms with Gasteiger partial charge in [-0.2, -0.15) is 0 Å². The van der Waals surface area contributed by atoms with Crippen LogP contribution in [0.2, 0.25) is 0 Å². The Morgan fingerprint density at radius 1 is 0.276 bits per heavy atom. The summed E-state index contributed by atoms with van der Waals surface area (Å²) in [4.78, 5) is 38.3. The highest BCUT2D eigenvalue weighted by Gasteiger charge is 2.19. The third kappa shape index (κ3) is 62.0. The van der Waals surface area contributed by atoms with E-state index in [-0.39, 0.29) is 31.6 Å². The molecular formula is C70H126O6. The van der Waals surface area contributed by atoms with Crippen molar-refractivity contribution >= 4 is 17.9 Å². The molecule has 76 heavy (non-hydrogen) atoms. The molecule has 0 N–H and O–H groups in total. The summed E-state index contributed by atoms with van der Waals surface area (Å²) >= 11 is 0. The molecule has 0 bridgehead atoms. The minimum atomic E-state index is -0.812. The van der Waals surface area contributed by atoms with Gasteiger partial charge in [-0.15, -0.1) is 0 Å². The molecule has 6 heteroatoms. The van der Waals surface area contributed by atoms with Crippen molar-refractivity contribution in [1.82, 2.24) is 0 Å². The van der Waals surface area contributed by atoms with E-state index in [1.807, 2.05) is 12.2 Å². The average Bonchev–Trinajstić information content (AvgIpc) is 3.42. The van der Waals surface area contributed by atoms with Crippen molar-refractivity contribution in [3.05, 3.63) is 60.8 Å². The second-order valence-corrected chi connectivity index (χ2v) is 22.4. The zero-order chi connectivity index (χ0) is 55.0. The number of allylic oxidation sites excluding steroid dienone is 9. The van der Waals surface area contributed by atoms with Crippen molar-refractivity contribution in [2.24, 2.45) is 0 Å². The number of carbonyl (C=O) groups is 3. The second-order valence-electron chi connectivity index (χ2n) is 22.4. The fraction of sp³-hybridized carbons (Fsp3) is 0.814. The Morgan fingerprint density at radius 3 is 0.803 bits per heavy atom. The predicted octanol–water partition coefficient (Wildman–Crippen LogP) is 22.7. The molecule has 0 aromatic rings. The molecule has 0 rings (SSSR count). The molecule has 6 nitrogen and oxygen atoms in total. The molecule has 442 valence electrons. The molecule has 1 unspecified atom stereocenters. The number of carbonyl (C=O) groups excluding carboxylic acids is 3. The Kier molecular flexibility index (Phi) is 62.2. The van der Waals surface area contributed by atoms with Crippen LogP contribution in [0.5, 0.6) is 0 Å². The Bertz CT molecular complexity index is 1360. The predicted molar refractivity (Wildman–Crippen MR) is 330 cm³/mol. The van der Waals surface area contributed by atoms with Crippen LogP contribution in [0.3, 0.4) is 0 Å². The Balaban J connectivity index is 4.33. The van der Waals surface area contributed by atoms with E-state index in [2.05, 4.69) is 69.4 Å². The Hall–Kier alpha value is -2.89. The van der Waals surface area contributed by atoms with E-state index in [1.165, 1.54) is 238 Å². The van der Waals surface area contributed by atoms with Crippen molar-refractivity contribution < 1.29 is 28.6 Å². The number of esters is 3. The summed E-state index contributed by atoms with van der Waals surface area (Å²) < 4.78 is 16.8. The fourth-order valence-electron chi connectivity index (χ4n) is 9.87. The van der Waals surface area contributed by atoms with E-state index in [4.69, 9.17) is 14.2 Å². The SMILES string of the molecule is CC/C=C\C/C=C\C/C=C\C/C=C\C/C=C\CC(=O)OCC(COC(=O)CCCCCCCCCCCCCCCCCCCCCCCCCC)OC(=O)CCCCCCCCCCCCCCCCCCCCC. The summed E-state index contributed by atoms with van der Waals surface area (Å²) in [5, 5.41) is 0. The van der Waals surface area contributed by atoms with Gasteiger partial charge in [-0.3, -0.25) is 14.4 Å². The molecule has 0 aliphatic heterocycles. The molecule has 0 heterocycles. The lowest BCUT2D eigenvalue weighted by Crippen LogP contribution is -2.30. The molecule has 1 atom stereocenters. The van der Waals surface area contributed by atoms with Crippen molar-refractivity contribution in [2.75, 3.05) is 13.2 Å². The number of ether oxygens (including phenoxy) is 3. The van der Waals surface area contributed by atoms with Crippen LogP contribution in [0.25, 0.3) is 0 Å². The molecule has 0 fully saturated rings. The molecule has 0 aromatic carbocycles. The standard InChI is InChI=1S/C70H126O6/c1-4-7-10-13-16-19-22-25-28-30-32-33-34-35-36-38-39-42-45-48-51-54-57-60-63-69(72)75-66-67(65-74-68(71)62-59-56-53-50-47-44-41-27-24-21-18-15-12-9-6-3)76-70(73)64-61-58-55-52-49-46-43-40-37-31-29-26-23-20-17-14-11-8-5-2/h9,12,18,21,27,41,47,50,56,59,67H,4-8,10-11,13-17,19-20,22-26,28-40,42-46,48-49,51-55,57-58,60-66H2,1-3H3/b12-9-,21-18-,41-27-,50-47-,59-56-. The average molecular weight is 1060 g/mol. The zero-order valence-electron chi connectivity index (χ0n) is 50.8. The quantitative estimate of drug-likeness (QED) is 0.0261. The van der Waals surface area contributed by atoms with Crippen LogP contribution < -0.4 is 0 Å². The number of hydrogen-bond acceptors (Lipinski definition) is 6. The van der Waals surface area contributed by atoms with Crippen molar-refractivity contribution in [3.8, 4) is 0 Å². The maximum Gasteiger partial charge on any atom is 0.309 e. The summed E-state index contributed by atoms with van der Waals surface area (Å²) in [7, 11) is 0. The van der Waals surface area contributed by atoms with Gasteiger partial charge in [0, 0.05) is 12.8 Å². The summed E-state index contributed by atoms with van der Waals surface area (Å²) in [5.41, 5.74) is 0. The second kappa shape index (κ2) is 64.6. The van der Waals surface area contributed by atoms with Gasteiger partial charge < -0.3 is 14.2 Å². The molecule has 0 radical (unpaired) electrons. The van der Waals surface area contributed by atoms with Crippen molar-refractivity contribution in [3.63, 3.8) is 0 Å². The molecule has 0 saturated carbocycles. The zero-order valence-corrected chi connectivity index (χ0v) is 50.8. The van der Waals surface area contributed by atoms with Crippen LogP contribution in [0.4, 0.5) is 0 Å². The summed E-state index contributed by atoms with van der Waals surface area (Å²) in [5.74, 6) is -1.01. The molecule has 0 aliphatic rings. The first kappa shape index (κ1) is 73.1. The highest BCUT2D eigenvalue weighted by molar-refractivity contribution is 5.72. The van der Waals surface area contributed by atoms with Crippen molar-refractivity contribution in [1.29, 1.82) is 0 Å². The van der Waals surface area contributed by atoms with Crippen LogP contribution in [-0.2, 0) is 28.6 Å². The van der Waals surface area contributed by atoms with Gasteiger partial charge in [-0.25, -0.2) is 0 Å². The largest absolute Gasteiger partial charge is 0.462 e. The van der Waals surface area contributed by atoms with Crippen molar-refractivity contribution in [2.45, 2.75) is 354 Å². The third-order valence-corrected chi connectivity index (χ3v) is 14.8. The van der Waals surface area contributed by atoms with Gasteiger partial charge in [0.05, 0.1) is 6.42 Å². The van der Waals surface area contributed by atoms with Crippen LogP contribution in [0, 0.1) is 0 Å². The van der Waals surface area contributed by atoms with Gasteiger partial charge in [0.25, 0.3) is 0 Å². The topological polar surface area (TPSA) is 78.9 Å². The van der Waals surface area contributed by atoms with Gasteiger partial charge in [0.15, 0.2) is 6.10 Å². The molecular weight excluding hydrogens is 937 g/mol. The van der Waals surface area contributed by atoms with E-state index in [9.17, 15) is 14.4 Å². The Labute approximate surface area is 472 Å². The molecule has 0 amide bonds. The first-order valence-corrected chi connectivity index (χ1v) is 33.3. The van der Waals surface area contributed by atoms with E-state index in [0.29, 0.717) is 12.8 Å². The lowest BCUT2D eigenvalue weighted by atomic mass is 10.0. The lowest BCUT2D eigenvalue weighted by Gasteiger charge is -2.18. The normalized spacial score (nSPS) is 12.4. The monoisotopic (exact) mass is 1060 g/mol. The van der Waals surface area contributed by atoms with Crippen LogP contribution in [0.15, 0.2) is 60.8 Å². The molecule has 0 spiro atoms. The highest BCUT2D eigenvalue weighted by Crippen LogP contribution is 2.18. The maximum atomic E-state index is 12.9. The molecule has 0 aromatic heterocycles. The minimum absolute atomic E-state index is 0.0991. The van der Waals surface area contributed by atoms with Gasteiger partial charge in [-0.1, -0.05) is 345 Å². The van der Waals surface area contributed by atoms with Gasteiger partial charge in [0.2, 0.25) is 0 Å². The first-order chi connectivity index (χ1) is 37.5. The number of hydrogen-bond donors (Lipinski definition) is 0. The summed E-state index contributed by atoms with van der Waals surface area (Å²) in [6, 6.07) is 0. The number of rotatable bonds is 61. The number of unbranched alkanes of at least 4 members (excludes halogenated alkanes) is 41. The van der Waals surface area contributed by atoms with Gasteiger partial charge >= 0.3 is 17.9 Å². The van der Waals surface area contributed by atoms with E-state index < -0.39 is 12.1 Å². The van der Waals surface area contributed by atoms with E-state index in [1.54, 1.807) is 0 Å². The lowest BCUT2D eigenvalue weighted by molar-refractivity contribution is -0.166. The van der Waals surface area contributed by atoms with Crippen LogP contribution in [0.1, 0.15) is 348 Å². The van der Waals surface area contributed by atoms with E-state index >= 15 is 0 Å². The highest BCUT2D eigenvalue weighted by atomic mass is 16.6. The summed E-state index contributed by atoms with van der Waals surface area (Å²) in [6.45, 7) is 6.50. The summed E-state index contributed by atoms with van der Waals surface area (Å²) in [6.07, 6.45) is 82.7. The van der Waals surface area contributed by atoms with Gasteiger partial charge in [0.1, 0.15) is 13.2 Å². The molecule has 0 saturated heterocycles. The van der Waals surface area contributed by atoms with Crippen LogP contribution in [-0.4, -0.2) is 37.2 Å². The smallest absolute Gasteiger partial charge is 0.309 e. The van der Waals surface area contributed by atoms with Crippen LogP contribution >= 0.6 is 0 Å².